The summed E-state index contributed by atoms with van der Waals surface area (Å²) in [7, 11) is 0. The van der Waals surface area contributed by atoms with E-state index >= 15 is 0 Å². The Labute approximate surface area is 165 Å². The van der Waals surface area contributed by atoms with E-state index in [2.05, 4.69) is 48.8 Å². The smallest absolute Gasteiger partial charge is 0.276 e. The third-order valence-corrected chi connectivity index (χ3v) is 4.68. The maximum atomic E-state index is 12.7. The Morgan fingerprint density at radius 1 is 1.12 bits per heavy atom. The number of carbonyl (C=O) groups is 3. The number of nitrogens with one attached hydrogen (secondary N) is 1. The van der Waals surface area contributed by atoms with Gasteiger partial charge in [0.25, 0.3) is 5.91 Å². The first-order valence-electron chi connectivity index (χ1n) is 7.20. The van der Waals surface area contributed by atoms with Crippen molar-refractivity contribution in [1.82, 2.24) is 5.32 Å². The highest BCUT2D eigenvalue weighted by Gasteiger charge is 2.40. The lowest BCUT2D eigenvalue weighted by Crippen LogP contribution is -2.58. The first-order chi connectivity index (χ1) is 12.0. The summed E-state index contributed by atoms with van der Waals surface area (Å²) < 4.78 is 1.80. The minimum atomic E-state index is -1.17. The molecule has 2 aromatic carbocycles. The predicted molar refractivity (Wildman–Crippen MR) is 106 cm³/mol. The van der Waals surface area contributed by atoms with Crippen LogP contribution in [0.2, 0.25) is 0 Å². The van der Waals surface area contributed by atoms with Crippen LogP contribution >= 0.6 is 38.5 Å². The molecule has 8 heteroatoms. The Kier molecular flexibility index (Phi) is 5.28. The first-order valence-corrected chi connectivity index (χ1v) is 9.07. The highest BCUT2D eigenvalue weighted by Crippen LogP contribution is 2.22. The molecule has 1 heterocycles. The molecule has 1 N–H and O–H groups in total. The molecule has 25 heavy (non-hydrogen) atoms. The molecular weight excluding hydrogens is 501 g/mol. The van der Waals surface area contributed by atoms with Gasteiger partial charge in [-0.25, -0.2) is 9.69 Å². The normalized spacial score (nSPS) is 17.9. The van der Waals surface area contributed by atoms with Crippen molar-refractivity contribution in [2.75, 3.05) is 4.90 Å². The second-order valence-corrected chi connectivity index (χ2v) is 7.34. The average molecular weight is 512 g/mol. The van der Waals surface area contributed by atoms with Crippen LogP contribution in [-0.4, -0.2) is 24.1 Å². The van der Waals surface area contributed by atoms with Gasteiger partial charge in [-0.15, -0.1) is 0 Å². The van der Waals surface area contributed by atoms with E-state index in [1.165, 1.54) is 6.21 Å². The van der Waals surface area contributed by atoms with Crippen molar-refractivity contribution in [3.8, 4) is 0 Å². The topological polar surface area (TPSA) is 78.8 Å². The van der Waals surface area contributed by atoms with E-state index in [1.807, 2.05) is 6.07 Å². The molecule has 0 aliphatic carbocycles. The van der Waals surface area contributed by atoms with Crippen LogP contribution in [-0.2, 0) is 9.59 Å². The number of amides is 4. The van der Waals surface area contributed by atoms with Crippen LogP contribution in [0.3, 0.4) is 0 Å². The average Bonchev–Trinajstić information content (AvgIpc) is 2.56. The Hall–Kier alpha value is -2.07. The van der Waals surface area contributed by atoms with Crippen molar-refractivity contribution < 1.29 is 14.4 Å². The number of nitrogens with zero attached hydrogens (tertiary/aromatic N) is 2. The molecule has 0 radical (unpaired) electrons. The number of imide groups is 2. The molecule has 1 aliphatic rings. The Morgan fingerprint density at radius 3 is 2.52 bits per heavy atom. The molecule has 1 aliphatic heterocycles. The van der Waals surface area contributed by atoms with Gasteiger partial charge in [-0.1, -0.05) is 22.0 Å². The van der Waals surface area contributed by atoms with Gasteiger partial charge in [-0.3, -0.25) is 19.9 Å². The highest BCUT2D eigenvalue weighted by atomic mass is 127. The number of rotatable bonds is 3. The fraction of sp³-hybridized carbons (Fsp3) is 0.0588. The highest BCUT2D eigenvalue weighted by molar-refractivity contribution is 14.1. The zero-order chi connectivity index (χ0) is 18.0. The van der Waals surface area contributed by atoms with E-state index in [1.54, 1.807) is 42.5 Å². The summed E-state index contributed by atoms with van der Waals surface area (Å²) >= 11 is 5.46. The maximum absolute atomic E-state index is 12.7. The van der Waals surface area contributed by atoms with Crippen LogP contribution in [0.25, 0.3) is 0 Å². The largest absolute Gasteiger partial charge is 0.335 e. The van der Waals surface area contributed by atoms with Crippen LogP contribution in [0.5, 0.6) is 0 Å². The number of aliphatic imine (C=N–C) groups is 1. The van der Waals surface area contributed by atoms with Crippen molar-refractivity contribution in [2.45, 2.75) is 0 Å². The van der Waals surface area contributed by atoms with Gasteiger partial charge < -0.3 is 0 Å². The summed E-state index contributed by atoms with van der Waals surface area (Å²) in [4.78, 5) is 41.9. The van der Waals surface area contributed by atoms with Crippen molar-refractivity contribution in [2.24, 2.45) is 10.9 Å². The number of halogens is 2. The number of barbiturate groups is 1. The summed E-state index contributed by atoms with van der Waals surface area (Å²) in [5, 5.41) is 2.20. The third kappa shape index (κ3) is 3.96. The molecule has 0 aromatic heterocycles. The van der Waals surface area contributed by atoms with Gasteiger partial charge in [0.2, 0.25) is 5.91 Å². The molecule has 0 spiro atoms. The van der Waals surface area contributed by atoms with Gasteiger partial charge in [0.05, 0.1) is 11.4 Å². The van der Waals surface area contributed by atoms with Crippen LogP contribution in [0.15, 0.2) is 58.0 Å². The van der Waals surface area contributed by atoms with Crippen LogP contribution in [0.1, 0.15) is 0 Å². The van der Waals surface area contributed by atoms with Crippen molar-refractivity contribution in [3.05, 3.63) is 56.6 Å². The quantitative estimate of drug-likeness (QED) is 0.388. The van der Waals surface area contributed by atoms with Gasteiger partial charge in [-0.2, -0.15) is 0 Å². The SMILES string of the molecule is O=C1NC(=O)N(c2ccc(I)cc2)C(=O)[C@H]1C=Nc1cccc(Br)c1. The molecule has 0 saturated carbocycles. The molecular formula is C17H11BrIN3O3. The Bertz CT molecular complexity index is 883. The summed E-state index contributed by atoms with van der Waals surface area (Å²) in [6.45, 7) is 0. The van der Waals surface area contributed by atoms with Crippen molar-refractivity contribution in [3.63, 3.8) is 0 Å². The minimum absolute atomic E-state index is 0.399. The van der Waals surface area contributed by atoms with E-state index in [9.17, 15) is 14.4 Å². The third-order valence-electron chi connectivity index (χ3n) is 3.47. The molecule has 1 fully saturated rings. The molecule has 1 saturated heterocycles. The standard InChI is InChI=1S/C17H11BrIN3O3/c18-10-2-1-3-12(8-10)20-9-14-15(23)21-17(25)22(16(14)24)13-6-4-11(19)5-7-13/h1-9,14H,(H,21,23,25)/t14-/m0/s1. The number of hydrogen-bond donors (Lipinski definition) is 1. The van der Waals surface area contributed by atoms with E-state index in [4.69, 9.17) is 0 Å². The first kappa shape index (κ1) is 17.7. The monoisotopic (exact) mass is 511 g/mol. The summed E-state index contributed by atoms with van der Waals surface area (Å²) in [5.41, 5.74) is 0.990. The van der Waals surface area contributed by atoms with Gasteiger partial charge in [-0.05, 0) is 65.1 Å². The summed E-state index contributed by atoms with van der Waals surface area (Å²) in [6.07, 6.45) is 1.26. The number of urea groups is 1. The molecule has 3 rings (SSSR count). The second-order valence-electron chi connectivity index (χ2n) is 5.18. The second kappa shape index (κ2) is 7.44. The minimum Gasteiger partial charge on any atom is -0.276 e. The number of benzene rings is 2. The van der Waals surface area contributed by atoms with E-state index in [0.29, 0.717) is 11.4 Å². The lowest BCUT2D eigenvalue weighted by molar-refractivity contribution is -0.131. The van der Waals surface area contributed by atoms with Crippen LogP contribution in [0, 0.1) is 9.49 Å². The number of anilines is 1. The molecule has 0 unspecified atom stereocenters. The van der Waals surface area contributed by atoms with Gasteiger partial charge in [0, 0.05) is 14.3 Å². The molecule has 2 aromatic rings. The lowest BCUT2D eigenvalue weighted by Gasteiger charge is -2.28. The zero-order valence-electron chi connectivity index (χ0n) is 12.6. The van der Waals surface area contributed by atoms with Crippen molar-refractivity contribution in [1.29, 1.82) is 0 Å². The van der Waals surface area contributed by atoms with Crippen LogP contribution in [0.4, 0.5) is 16.2 Å². The molecule has 6 nitrogen and oxygen atoms in total. The lowest BCUT2D eigenvalue weighted by atomic mass is 10.1. The Balaban J connectivity index is 1.89. The van der Waals surface area contributed by atoms with E-state index in [0.717, 1.165) is 12.9 Å². The zero-order valence-corrected chi connectivity index (χ0v) is 16.4. The number of carbonyl (C=O) groups excluding carboxylic acids is 3. The van der Waals surface area contributed by atoms with Gasteiger partial charge in [0.1, 0.15) is 0 Å². The van der Waals surface area contributed by atoms with Crippen molar-refractivity contribution >= 4 is 74.0 Å². The Morgan fingerprint density at radius 2 is 1.84 bits per heavy atom. The molecule has 126 valence electrons. The molecule has 1 atom stereocenters. The fourth-order valence-electron chi connectivity index (χ4n) is 2.27. The summed E-state index contributed by atoms with van der Waals surface area (Å²) in [6, 6.07) is 13.2. The molecule has 0 bridgehead atoms. The molecule has 4 amide bonds. The van der Waals surface area contributed by atoms with Gasteiger partial charge in [0.15, 0.2) is 5.92 Å². The number of hydrogen-bond acceptors (Lipinski definition) is 4. The van der Waals surface area contributed by atoms with Crippen LogP contribution < -0.4 is 10.2 Å². The maximum Gasteiger partial charge on any atom is 0.335 e. The fourth-order valence-corrected chi connectivity index (χ4v) is 3.02. The van der Waals surface area contributed by atoms with E-state index in [-0.39, 0.29) is 0 Å². The predicted octanol–water partition coefficient (Wildman–Crippen LogP) is 3.66. The van der Waals surface area contributed by atoms with Gasteiger partial charge >= 0.3 is 6.03 Å². The summed E-state index contributed by atoms with van der Waals surface area (Å²) in [5.74, 6) is -2.49. The van der Waals surface area contributed by atoms with E-state index < -0.39 is 23.8 Å².